The number of aromatic nitrogens is 2. The van der Waals surface area contributed by atoms with Gasteiger partial charge in [0.25, 0.3) is 0 Å². The zero-order valence-electron chi connectivity index (χ0n) is 15.6. The van der Waals surface area contributed by atoms with Crippen molar-refractivity contribution in [1.82, 2.24) is 14.9 Å². The van der Waals surface area contributed by atoms with Crippen molar-refractivity contribution in [3.8, 4) is 5.75 Å². The first-order valence-electron chi connectivity index (χ1n) is 9.39. The summed E-state index contributed by atoms with van der Waals surface area (Å²) in [6, 6.07) is 6.38. The zero-order valence-corrected chi connectivity index (χ0v) is 15.6. The Morgan fingerprint density at radius 2 is 2.00 bits per heavy atom. The highest BCUT2D eigenvalue weighted by Gasteiger charge is 2.22. The normalized spacial score (nSPS) is 17.2. The fourth-order valence-electron chi connectivity index (χ4n) is 3.91. The van der Waals surface area contributed by atoms with E-state index in [-0.39, 0.29) is 0 Å². The molecule has 0 unspecified atom stereocenters. The van der Waals surface area contributed by atoms with Crippen molar-refractivity contribution in [2.75, 3.05) is 44.7 Å². The molecule has 5 nitrogen and oxygen atoms in total. The predicted molar refractivity (Wildman–Crippen MR) is 105 cm³/mol. The second-order valence-corrected chi connectivity index (χ2v) is 7.03. The highest BCUT2D eigenvalue weighted by molar-refractivity contribution is 5.65. The van der Waals surface area contributed by atoms with Crippen LogP contribution in [0.15, 0.2) is 36.3 Å². The molecule has 0 N–H and O–H groups in total. The largest absolute Gasteiger partial charge is 0.497 e. The first-order chi connectivity index (χ1) is 12.8. The number of piperazine rings is 1. The topological polar surface area (TPSA) is 41.5 Å². The number of nitrogens with zero attached hydrogens (tertiary/aromatic N) is 4. The monoisotopic (exact) mass is 350 g/mol. The Bertz CT molecular complexity index is 809. The molecule has 1 saturated heterocycles. The van der Waals surface area contributed by atoms with Gasteiger partial charge < -0.3 is 9.64 Å². The molecule has 1 aliphatic carbocycles. The lowest BCUT2D eigenvalue weighted by atomic mass is 10.1. The average Bonchev–Trinajstić information content (AvgIpc) is 3.09. The first-order valence-corrected chi connectivity index (χ1v) is 9.39. The minimum absolute atomic E-state index is 0.948. The van der Waals surface area contributed by atoms with Gasteiger partial charge >= 0.3 is 0 Å². The van der Waals surface area contributed by atoms with E-state index in [0.29, 0.717) is 0 Å². The molecule has 1 aliphatic heterocycles. The van der Waals surface area contributed by atoms with Gasteiger partial charge in [0.05, 0.1) is 7.11 Å². The summed E-state index contributed by atoms with van der Waals surface area (Å²) in [5.41, 5.74) is 5.46. The molecular weight excluding hydrogens is 324 g/mol. The third-order valence-corrected chi connectivity index (χ3v) is 5.37. The van der Waals surface area contributed by atoms with E-state index in [1.165, 1.54) is 22.3 Å². The second kappa shape index (κ2) is 7.46. The van der Waals surface area contributed by atoms with E-state index in [2.05, 4.69) is 44.9 Å². The minimum atomic E-state index is 0.948. The molecule has 1 fully saturated rings. The van der Waals surface area contributed by atoms with E-state index in [1.54, 1.807) is 13.4 Å². The maximum Gasteiger partial charge on any atom is 0.135 e. The van der Waals surface area contributed by atoms with Crippen LogP contribution in [0.5, 0.6) is 5.75 Å². The van der Waals surface area contributed by atoms with Crippen LogP contribution < -0.4 is 9.64 Å². The third kappa shape index (κ3) is 3.44. The number of ether oxygens (including phenoxy) is 1. The molecule has 0 spiro atoms. The number of hydrogen-bond acceptors (Lipinski definition) is 5. The number of benzene rings is 1. The van der Waals surface area contributed by atoms with Gasteiger partial charge in [0, 0.05) is 44.5 Å². The van der Waals surface area contributed by atoms with Crippen LogP contribution in [0.1, 0.15) is 23.6 Å². The molecule has 0 amide bonds. The van der Waals surface area contributed by atoms with Crippen LogP contribution in [0.2, 0.25) is 0 Å². The van der Waals surface area contributed by atoms with Gasteiger partial charge in [-0.25, -0.2) is 9.97 Å². The summed E-state index contributed by atoms with van der Waals surface area (Å²) >= 11 is 0. The second-order valence-electron chi connectivity index (χ2n) is 7.03. The smallest absolute Gasteiger partial charge is 0.135 e. The SMILES string of the molecule is CCc1cncnc1N1CCN(CC2=Cc3ccc(OC)cc3C2)CC1. The molecule has 26 heavy (non-hydrogen) atoms. The van der Waals surface area contributed by atoms with E-state index >= 15 is 0 Å². The maximum absolute atomic E-state index is 5.35. The lowest BCUT2D eigenvalue weighted by molar-refractivity contribution is 0.277. The number of aryl methyl sites for hydroxylation is 1. The molecule has 4 rings (SSSR count). The van der Waals surface area contributed by atoms with Crippen LogP contribution in [0.3, 0.4) is 0 Å². The Balaban J connectivity index is 1.35. The Labute approximate surface area is 155 Å². The van der Waals surface area contributed by atoms with Gasteiger partial charge in [-0.05, 0) is 36.1 Å². The number of hydrogen-bond donors (Lipinski definition) is 0. The van der Waals surface area contributed by atoms with E-state index < -0.39 is 0 Å². The molecule has 0 radical (unpaired) electrons. The molecule has 1 aromatic carbocycles. The summed E-state index contributed by atoms with van der Waals surface area (Å²) in [4.78, 5) is 13.6. The molecule has 0 atom stereocenters. The van der Waals surface area contributed by atoms with Crippen LogP contribution in [0, 0.1) is 0 Å². The van der Waals surface area contributed by atoms with Gasteiger partial charge in [-0.2, -0.15) is 0 Å². The molecule has 2 aliphatic rings. The van der Waals surface area contributed by atoms with E-state index in [0.717, 1.165) is 57.1 Å². The quantitative estimate of drug-likeness (QED) is 0.829. The number of fused-ring (bicyclic) bond motifs is 1. The Morgan fingerprint density at radius 1 is 1.15 bits per heavy atom. The van der Waals surface area contributed by atoms with Crippen molar-refractivity contribution in [2.45, 2.75) is 19.8 Å². The molecule has 2 heterocycles. The number of methoxy groups -OCH3 is 1. The standard InChI is InChI=1S/C21H26N4O/c1-3-17-13-22-15-23-21(17)25-8-6-24(7-9-25)14-16-10-18-4-5-20(26-2)12-19(18)11-16/h4-5,10,12-13,15H,3,6-9,11,14H2,1-2H3. The van der Waals surface area contributed by atoms with Crippen molar-refractivity contribution >= 4 is 11.9 Å². The minimum Gasteiger partial charge on any atom is -0.497 e. The van der Waals surface area contributed by atoms with Crippen molar-refractivity contribution < 1.29 is 4.74 Å². The van der Waals surface area contributed by atoms with Crippen molar-refractivity contribution in [1.29, 1.82) is 0 Å². The van der Waals surface area contributed by atoms with Crippen LogP contribution >= 0.6 is 0 Å². The molecule has 0 saturated carbocycles. The molecule has 136 valence electrons. The fourth-order valence-corrected chi connectivity index (χ4v) is 3.91. The maximum atomic E-state index is 5.35. The predicted octanol–water partition coefficient (Wildman–Crippen LogP) is 2.81. The molecule has 1 aromatic heterocycles. The van der Waals surface area contributed by atoms with E-state index in [4.69, 9.17) is 4.74 Å². The van der Waals surface area contributed by atoms with Crippen molar-refractivity contribution in [2.24, 2.45) is 0 Å². The van der Waals surface area contributed by atoms with E-state index in [1.807, 2.05) is 12.3 Å². The van der Waals surface area contributed by atoms with Gasteiger partial charge in [-0.15, -0.1) is 0 Å². The van der Waals surface area contributed by atoms with Gasteiger partial charge in [0.15, 0.2) is 0 Å². The Hall–Kier alpha value is -2.40. The van der Waals surface area contributed by atoms with E-state index in [9.17, 15) is 0 Å². The lowest BCUT2D eigenvalue weighted by Gasteiger charge is -2.36. The third-order valence-electron chi connectivity index (χ3n) is 5.37. The zero-order chi connectivity index (χ0) is 17.9. The van der Waals surface area contributed by atoms with Gasteiger partial charge in [-0.3, -0.25) is 4.90 Å². The molecular formula is C21H26N4O. The number of rotatable bonds is 5. The molecule has 0 bridgehead atoms. The first kappa shape index (κ1) is 17.0. The van der Waals surface area contributed by atoms with Gasteiger partial charge in [-0.1, -0.05) is 24.6 Å². The molecule has 5 heteroatoms. The number of anilines is 1. The fraction of sp³-hybridized carbons (Fsp3) is 0.429. The van der Waals surface area contributed by atoms with Crippen LogP contribution in [0.25, 0.3) is 6.08 Å². The summed E-state index contributed by atoms with van der Waals surface area (Å²) in [5, 5.41) is 0. The average molecular weight is 350 g/mol. The van der Waals surface area contributed by atoms with Crippen LogP contribution in [-0.2, 0) is 12.8 Å². The highest BCUT2D eigenvalue weighted by atomic mass is 16.5. The lowest BCUT2D eigenvalue weighted by Crippen LogP contribution is -2.47. The highest BCUT2D eigenvalue weighted by Crippen LogP contribution is 2.29. The summed E-state index contributed by atoms with van der Waals surface area (Å²) in [6.45, 7) is 7.41. The van der Waals surface area contributed by atoms with Gasteiger partial charge in [0.2, 0.25) is 0 Å². The summed E-state index contributed by atoms with van der Waals surface area (Å²) in [5.74, 6) is 2.06. The Morgan fingerprint density at radius 3 is 2.77 bits per heavy atom. The Kier molecular flexibility index (Phi) is 4.89. The summed E-state index contributed by atoms with van der Waals surface area (Å²) in [6.07, 6.45) is 7.98. The van der Waals surface area contributed by atoms with Crippen LogP contribution in [-0.4, -0.2) is 54.7 Å². The van der Waals surface area contributed by atoms with Crippen molar-refractivity contribution in [3.63, 3.8) is 0 Å². The summed E-state index contributed by atoms with van der Waals surface area (Å²) < 4.78 is 5.35. The van der Waals surface area contributed by atoms with Gasteiger partial charge in [0.1, 0.15) is 17.9 Å². The van der Waals surface area contributed by atoms with Crippen molar-refractivity contribution in [3.05, 3.63) is 53.0 Å². The molecule has 2 aromatic rings. The summed E-state index contributed by atoms with van der Waals surface area (Å²) in [7, 11) is 1.73. The van der Waals surface area contributed by atoms with Crippen LogP contribution in [0.4, 0.5) is 5.82 Å².